The monoisotopic (exact) mass is 590 g/mol. The van der Waals surface area contributed by atoms with Crippen LogP contribution >= 0.6 is 11.6 Å². The highest BCUT2D eigenvalue weighted by atomic mass is 35.5. The summed E-state index contributed by atoms with van der Waals surface area (Å²) in [6, 6.07) is 16.7. The highest BCUT2D eigenvalue weighted by molar-refractivity contribution is 6.30. The summed E-state index contributed by atoms with van der Waals surface area (Å²) in [5, 5.41) is 4.72. The third kappa shape index (κ3) is 7.20. The van der Waals surface area contributed by atoms with Gasteiger partial charge in [0.15, 0.2) is 11.6 Å². The Kier molecular flexibility index (Phi) is 8.92. The lowest BCUT2D eigenvalue weighted by Crippen LogP contribution is -2.28. The normalized spacial score (nSPS) is 12.2. The van der Waals surface area contributed by atoms with E-state index in [0.717, 1.165) is 16.8 Å². The summed E-state index contributed by atoms with van der Waals surface area (Å²) in [5.74, 6) is -0.963. The van der Waals surface area contributed by atoms with E-state index in [9.17, 15) is 31.9 Å². The van der Waals surface area contributed by atoms with Gasteiger partial charge in [0.05, 0.1) is 12.1 Å². The van der Waals surface area contributed by atoms with Gasteiger partial charge in [0, 0.05) is 28.1 Å². The molecule has 0 aliphatic carbocycles. The van der Waals surface area contributed by atoms with Crippen molar-refractivity contribution in [3.05, 3.63) is 111 Å². The molecule has 214 valence electrons. The molecule has 0 aliphatic heterocycles. The van der Waals surface area contributed by atoms with Gasteiger partial charge in [-0.25, -0.2) is 18.7 Å². The molecule has 0 saturated heterocycles. The largest absolute Gasteiger partial charge is 0.441 e. The second-order valence-corrected chi connectivity index (χ2v) is 9.47. The van der Waals surface area contributed by atoms with E-state index in [1.807, 2.05) is 0 Å². The van der Waals surface area contributed by atoms with Gasteiger partial charge in [-0.1, -0.05) is 48.0 Å². The van der Waals surface area contributed by atoms with Crippen LogP contribution in [-0.2, 0) is 28.8 Å². The number of nitrogens with two attached hydrogens (primary N) is 1. The molecule has 4 aromatic rings. The fraction of sp³-hybridized carbons (Fsp3) is 0.214. The first-order chi connectivity index (χ1) is 19.4. The molecule has 4 rings (SSSR count). The summed E-state index contributed by atoms with van der Waals surface area (Å²) in [6.45, 7) is -0.714. The molecule has 41 heavy (non-hydrogen) atoms. The standard InChI is InChI=1S/C28H23ClF4N4O4/c29-19-11-9-17(10-12-19)25-35-37(27(40)36(25)15-18-5-1-4-8-23(18)30)16-20(38)13-14-24(41-26(34)39)21-6-2-3-7-22(21)28(31,32)33/h1-12,24H,13-16H2,(H2,34,39). The summed E-state index contributed by atoms with van der Waals surface area (Å²) in [5.41, 5.74) is 3.67. The number of primary amides is 1. The fourth-order valence-electron chi connectivity index (χ4n) is 4.29. The first kappa shape index (κ1) is 29.5. The highest BCUT2D eigenvalue weighted by Gasteiger charge is 2.36. The smallest absolute Gasteiger partial charge is 0.416 e. The van der Waals surface area contributed by atoms with Crippen LogP contribution in [0.25, 0.3) is 11.4 Å². The molecule has 0 spiro atoms. The number of ether oxygens (including phenoxy) is 1. The number of carbonyl (C=O) groups excluding carboxylic acids is 2. The number of rotatable bonds is 10. The Morgan fingerprint density at radius 2 is 1.66 bits per heavy atom. The van der Waals surface area contributed by atoms with E-state index in [0.29, 0.717) is 10.6 Å². The number of benzene rings is 3. The Labute approximate surface area is 235 Å². The van der Waals surface area contributed by atoms with Crippen LogP contribution in [0.3, 0.4) is 0 Å². The number of ketones is 1. The van der Waals surface area contributed by atoms with Crippen molar-refractivity contribution in [3.8, 4) is 11.4 Å². The van der Waals surface area contributed by atoms with Crippen molar-refractivity contribution in [3.63, 3.8) is 0 Å². The van der Waals surface area contributed by atoms with Crippen molar-refractivity contribution in [2.24, 2.45) is 5.73 Å². The lowest BCUT2D eigenvalue weighted by atomic mass is 9.97. The molecule has 0 aliphatic rings. The van der Waals surface area contributed by atoms with Crippen molar-refractivity contribution in [1.29, 1.82) is 0 Å². The molecule has 1 atom stereocenters. The Morgan fingerprint density at radius 3 is 2.32 bits per heavy atom. The van der Waals surface area contributed by atoms with Crippen LogP contribution in [0.5, 0.6) is 0 Å². The molecule has 1 amide bonds. The zero-order valence-corrected chi connectivity index (χ0v) is 22.0. The minimum Gasteiger partial charge on any atom is -0.441 e. The van der Waals surface area contributed by atoms with E-state index >= 15 is 0 Å². The van der Waals surface area contributed by atoms with Crippen LogP contribution in [0.15, 0.2) is 77.6 Å². The van der Waals surface area contributed by atoms with E-state index in [4.69, 9.17) is 22.1 Å². The summed E-state index contributed by atoms with van der Waals surface area (Å²) in [7, 11) is 0. The van der Waals surface area contributed by atoms with Gasteiger partial charge in [-0.15, -0.1) is 5.10 Å². The molecule has 0 radical (unpaired) electrons. The van der Waals surface area contributed by atoms with Gasteiger partial charge >= 0.3 is 18.0 Å². The van der Waals surface area contributed by atoms with Crippen LogP contribution in [0.1, 0.15) is 35.6 Å². The molecular weight excluding hydrogens is 568 g/mol. The number of amides is 1. The molecule has 13 heteroatoms. The molecule has 1 unspecified atom stereocenters. The van der Waals surface area contributed by atoms with Crippen molar-refractivity contribution < 1.29 is 31.9 Å². The minimum absolute atomic E-state index is 0.150. The maximum atomic E-state index is 14.4. The van der Waals surface area contributed by atoms with E-state index in [-0.39, 0.29) is 36.3 Å². The van der Waals surface area contributed by atoms with Crippen molar-refractivity contribution in [2.45, 2.75) is 38.2 Å². The zero-order chi connectivity index (χ0) is 29.7. The lowest BCUT2D eigenvalue weighted by molar-refractivity contribution is -0.139. The lowest BCUT2D eigenvalue weighted by Gasteiger charge is -2.21. The molecule has 0 saturated carbocycles. The number of hydrogen-bond donors (Lipinski definition) is 1. The van der Waals surface area contributed by atoms with Crippen LogP contribution in [0.2, 0.25) is 5.02 Å². The molecule has 2 N–H and O–H groups in total. The van der Waals surface area contributed by atoms with E-state index in [1.165, 1.54) is 34.9 Å². The summed E-state index contributed by atoms with van der Waals surface area (Å²) >= 11 is 5.98. The molecule has 0 bridgehead atoms. The number of carbonyl (C=O) groups is 2. The first-order valence-corrected chi connectivity index (χ1v) is 12.6. The Bertz CT molecular complexity index is 1620. The predicted molar refractivity (Wildman–Crippen MR) is 142 cm³/mol. The van der Waals surface area contributed by atoms with Gasteiger partial charge in [0.1, 0.15) is 18.5 Å². The van der Waals surface area contributed by atoms with E-state index < -0.39 is 47.8 Å². The molecular formula is C28H23ClF4N4O4. The van der Waals surface area contributed by atoms with E-state index in [1.54, 1.807) is 30.3 Å². The van der Waals surface area contributed by atoms with Crippen molar-refractivity contribution >= 4 is 23.5 Å². The van der Waals surface area contributed by atoms with Crippen molar-refractivity contribution in [2.75, 3.05) is 0 Å². The SMILES string of the molecule is NC(=O)OC(CCC(=O)Cn1nc(-c2ccc(Cl)cc2)n(Cc2ccccc2F)c1=O)c1ccccc1C(F)(F)F. The Morgan fingerprint density at radius 1 is 1.00 bits per heavy atom. The number of Topliss-reactive ketones (excluding diaryl/α,β-unsaturated/α-hetero) is 1. The van der Waals surface area contributed by atoms with Gasteiger partial charge in [-0.2, -0.15) is 13.2 Å². The first-order valence-electron chi connectivity index (χ1n) is 12.2. The van der Waals surface area contributed by atoms with Crippen LogP contribution in [0.4, 0.5) is 22.4 Å². The average Bonchev–Trinajstić information content (AvgIpc) is 3.22. The molecule has 3 aromatic carbocycles. The van der Waals surface area contributed by atoms with Gasteiger partial charge in [0.2, 0.25) is 0 Å². The zero-order valence-electron chi connectivity index (χ0n) is 21.3. The predicted octanol–water partition coefficient (Wildman–Crippen LogP) is 5.76. The van der Waals surface area contributed by atoms with Crippen LogP contribution < -0.4 is 11.4 Å². The summed E-state index contributed by atoms with van der Waals surface area (Å²) < 4.78 is 62.0. The quantitative estimate of drug-likeness (QED) is 0.236. The van der Waals surface area contributed by atoms with Gasteiger partial charge < -0.3 is 10.5 Å². The number of aromatic nitrogens is 3. The maximum absolute atomic E-state index is 14.4. The number of hydrogen-bond acceptors (Lipinski definition) is 5. The fourth-order valence-corrected chi connectivity index (χ4v) is 4.41. The molecule has 0 fully saturated rings. The third-order valence-electron chi connectivity index (χ3n) is 6.19. The topological polar surface area (TPSA) is 109 Å². The second kappa shape index (κ2) is 12.4. The average molecular weight is 591 g/mol. The van der Waals surface area contributed by atoms with Crippen molar-refractivity contribution in [1.82, 2.24) is 14.3 Å². The van der Waals surface area contributed by atoms with Crippen LogP contribution in [0, 0.1) is 5.82 Å². The van der Waals surface area contributed by atoms with Crippen LogP contribution in [-0.4, -0.2) is 26.2 Å². The maximum Gasteiger partial charge on any atom is 0.416 e. The number of alkyl halides is 3. The highest BCUT2D eigenvalue weighted by Crippen LogP contribution is 2.37. The Balaban J connectivity index is 1.60. The number of halogens is 5. The second-order valence-electron chi connectivity index (χ2n) is 9.04. The van der Waals surface area contributed by atoms with Gasteiger partial charge in [-0.3, -0.25) is 9.36 Å². The number of nitrogens with zero attached hydrogens (tertiary/aromatic N) is 3. The third-order valence-corrected chi connectivity index (χ3v) is 6.45. The van der Waals surface area contributed by atoms with E-state index in [2.05, 4.69) is 5.10 Å². The summed E-state index contributed by atoms with van der Waals surface area (Å²) in [4.78, 5) is 37.6. The Hall–Kier alpha value is -4.45. The molecule has 1 heterocycles. The molecule has 8 nitrogen and oxygen atoms in total. The minimum atomic E-state index is -4.74. The van der Waals surface area contributed by atoms with Gasteiger partial charge in [-0.05, 0) is 42.8 Å². The summed E-state index contributed by atoms with van der Waals surface area (Å²) in [6.07, 6.45) is -8.21. The van der Waals surface area contributed by atoms with Gasteiger partial charge in [0.25, 0.3) is 0 Å². The molecule has 1 aromatic heterocycles.